The van der Waals surface area contributed by atoms with Crippen LogP contribution in [0, 0.1) is 0 Å². The second kappa shape index (κ2) is 8.78. The Morgan fingerprint density at radius 1 is 1.09 bits per heavy atom. The van der Waals surface area contributed by atoms with Crippen molar-refractivity contribution in [1.29, 1.82) is 0 Å². The Kier molecular flexibility index (Phi) is 7.04. The Morgan fingerprint density at radius 2 is 1.68 bits per heavy atom. The number of amides is 1. The summed E-state index contributed by atoms with van der Waals surface area (Å²) in [5.41, 5.74) is 6.38. The zero-order valence-corrected chi connectivity index (χ0v) is 12.6. The molecule has 0 fully saturated rings. The number of rotatable bonds is 7. The van der Waals surface area contributed by atoms with Crippen LogP contribution in [0.3, 0.4) is 0 Å². The molecule has 1 amide bonds. The van der Waals surface area contributed by atoms with Crippen molar-refractivity contribution in [1.82, 2.24) is 5.32 Å². The van der Waals surface area contributed by atoms with Gasteiger partial charge >= 0.3 is 11.9 Å². The van der Waals surface area contributed by atoms with Crippen molar-refractivity contribution in [2.45, 2.75) is 24.9 Å². The highest BCUT2D eigenvalue weighted by Crippen LogP contribution is 2.05. The van der Waals surface area contributed by atoms with E-state index in [2.05, 4.69) is 14.8 Å². The van der Waals surface area contributed by atoms with Crippen LogP contribution in [0.15, 0.2) is 30.3 Å². The summed E-state index contributed by atoms with van der Waals surface area (Å²) in [6.45, 7) is 0. The minimum absolute atomic E-state index is 0.269. The summed E-state index contributed by atoms with van der Waals surface area (Å²) in [7, 11) is 2.43. The molecule has 0 heterocycles. The summed E-state index contributed by atoms with van der Waals surface area (Å²) >= 11 is 0. The van der Waals surface area contributed by atoms with E-state index in [-0.39, 0.29) is 12.8 Å². The summed E-state index contributed by atoms with van der Waals surface area (Å²) < 4.78 is 9.13. The molecular formula is C15H20N2O5. The van der Waals surface area contributed by atoms with Gasteiger partial charge in [-0.05, 0) is 5.56 Å². The van der Waals surface area contributed by atoms with Gasteiger partial charge in [0, 0.05) is 6.42 Å². The summed E-state index contributed by atoms with van der Waals surface area (Å²) in [5.74, 6) is -1.78. The molecule has 2 unspecified atom stereocenters. The average molecular weight is 308 g/mol. The third kappa shape index (κ3) is 5.53. The largest absolute Gasteiger partial charge is 0.468 e. The lowest BCUT2D eigenvalue weighted by molar-refractivity contribution is -0.145. The topological polar surface area (TPSA) is 108 Å². The second-order valence-corrected chi connectivity index (χ2v) is 4.67. The first-order valence-electron chi connectivity index (χ1n) is 6.72. The molecule has 0 bridgehead atoms. The van der Waals surface area contributed by atoms with E-state index in [1.807, 2.05) is 30.3 Å². The van der Waals surface area contributed by atoms with Crippen molar-refractivity contribution in [2.75, 3.05) is 14.2 Å². The molecule has 0 saturated heterocycles. The van der Waals surface area contributed by atoms with Gasteiger partial charge in [0.15, 0.2) is 0 Å². The van der Waals surface area contributed by atoms with Gasteiger partial charge in [0.05, 0.1) is 20.6 Å². The molecule has 1 aromatic carbocycles. The maximum Gasteiger partial charge on any atom is 0.328 e. The van der Waals surface area contributed by atoms with Crippen LogP contribution in [-0.4, -0.2) is 44.1 Å². The van der Waals surface area contributed by atoms with E-state index < -0.39 is 29.9 Å². The van der Waals surface area contributed by atoms with Crippen molar-refractivity contribution < 1.29 is 23.9 Å². The molecule has 0 aromatic heterocycles. The number of methoxy groups -OCH3 is 2. The zero-order chi connectivity index (χ0) is 16.5. The summed E-state index contributed by atoms with van der Waals surface area (Å²) in [4.78, 5) is 34.9. The molecule has 22 heavy (non-hydrogen) atoms. The number of carbonyl (C=O) groups excluding carboxylic acids is 3. The number of benzene rings is 1. The second-order valence-electron chi connectivity index (χ2n) is 4.67. The standard InChI is InChI=1S/C15H20N2O5/c1-21-14(19)11(16)9-13(18)17-12(15(20)22-2)8-10-6-4-3-5-7-10/h3-7,11-12H,8-9,16H2,1-2H3,(H,17,18). The number of nitrogens with one attached hydrogen (secondary N) is 1. The van der Waals surface area contributed by atoms with Crippen molar-refractivity contribution in [3.8, 4) is 0 Å². The van der Waals surface area contributed by atoms with E-state index in [0.717, 1.165) is 5.56 Å². The Hall–Kier alpha value is -2.41. The van der Waals surface area contributed by atoms with Gasteiger partial charge in [0.25, 0.3) is 0 Å². The number of carbonyl (C=O) groups is 3. The maximum atomic E-state index is 11.9. The first-order chi connectivity index (χ1) is 10.5. The van der Waals surface area contributed by atoms with Gasteiger partial charge in [0.1, 0.15) is 12.1 Å². The van der Waals surface area contributed by atoms with Crippen molar-refractivity contribution in [3.05, 3.63) is 35.9 Å². The van der Waals surface area contributed by atoms with Crippen LogP contribution < -0.4 is 11.1 Å². The van der Waals surface area contributed by atoms with E-state index in [9.17, 15) is 14.4 Å². The fourth-order valence-electron chi connectivity index (χ4n) is 1.87. The number of esters is 2. The average Bonchev–Trinajstić information content (AvgIpc) is 2.53. The first kappa shape index (κ1) is 17.6. The summed E-state index contributed by atoms with van der Waals surface area (Å²) in [6.07, 6.45) is 0.0155. The number of hydrogen-bond donors (Lipinski definition) is 2. The van der Waals surface area contributed by atoms with Crippen molar-refractivity contribution >= 4 is 17.8 Å². The monoisotopic (exact) mass is 308 g/mol. The molecule has 0 aliphatic heterocycles. The van der Waals surface area contributed by atoms with E-state index in [1.54, 1.807) is 0 Å². The molecule has 1 rings (SSSR count). The fraction of sp³-hybridized carbons (Fsp3) is 0.400. The van der Waals surface area contributed by atoms with Crippen molar-refractivity contribution in [2.24, 2.45) is 5.73 Å². The van der Waals surface area contributed by atoms with Crippen LogP contribution in [0.1, 0.15) is 12.0 Å². The van der Waals surface area contributed by atoms with E-state index in [4.69, 9.17) is 5.73 Å². The quantitative estimate of drug-likeness (QED) is 0.674. The predicted molar refractivity (Wildman–Crippen MR) is 78.7 cm³/mol. The smallest absolute Gasteiger partial charge is 0.328 e. The highest BCUT2D eigenvalue weighted by atomic mass is 16.5. The summed E-state index contributed by atoms with van der Waals surface area (Å²) in [5, 5.41) is 2.52. The molecule has 0 aliphatic rings. The van der Waals surface area contributed by atoms with E-state index >= 15 is 0 Å². The molecule has 120 valence electrons. The highest BCUT2D eigenvalue weighted by Gasteiger charge is 2.24. The van der Waals surface area contributed by atoms with Crippen LogP contribution in [0.2, 0.25) is 0 Å². The molecule has 0 aliphatic carbocycles. The molecule has 0 radical (unpaired) electrons. The Balaban J connectivity index is 2.67. The number of ether oxygens (including phenoxy) is 2. The van der Waals surface area contributed by atoms with Gasteiger partial charge in [-0.2, -0.15) is 0 Å². The van der Waals surface area contributed by atoms with Crippen molar-refractivity contribution in [3.63, 3.8) is 0 Å². The van der Waals surface area contributed by atoms with Gasteiger partial charge in [-0.25, -0.2) is 4.79 Å². The lowest BCUT2D eigenvalue weighted by Gasteiger charge is -2.17. The van der Waals surface area contributed by atoms with Gasteiger partial charge in [-0.3, -0.25) is 9.59 Å². The lowest BCUT2D eigenvalue weighted by Crippen LogP contribution is -2.46. The molecule has 0 saturated carbocycles. The molecule has 7 heteroatoms. The van der Waals surface area contributed by atoms with Crippen LogP contribution in [0.25, 0.3) is 0 Å². The summed E-state index contributed by atoms with van der Waals surface area (Å²) in [6, 6.07) is 7.27. The fourth-order valence-corrected chi connectivity index (χ4v) is 1.87. The van der Waals surface area contributed by atoms with Crippen LogP contribution in [0.4, 0.5) is 0 Å². The number of hydrogen-bond acceptors (Lipinski definition) is 6. The molecular weight excluding hydrogens is 288 g/mol. The first-order valence-corrected chi connectivity index (χ1v) is 6.72. The van der Waals surface area contributed by atoms with E-state index in [0.29, 0.717) is 0 Å². The predicted octanol–water partition coefficient (Wildman–Crippen LogP) is -0.223. The van der Waals surface area contributed by atoms with Gasteiger partial charge in [-0.1, -0.05) is 30.3 Å². The number of nitrogens with two attached hydrogens (primary N) is 1. The molecule has 7 nitrogen and oxygen atoms in total. The minimum atomic E-state index is -1.07. The SMILES string of the molecule is COC(=O)C(N)CC(=O)NC(Cc1ccccc1)C(=O)OC. The molecule has 1 aromatic rings. The van der Waals surface area contributed by atoms with E-state index in [1.165, 1.54) is 14.2 Å². The van der Waals surface area contributed by atoms with Crippen LogP contribution in [-0.2, 0) is 30.3 Å². The molecule has 2 atom stereocenters. The van der Waals surface area contributed by atoms with Crippen LogP contribution >= 0.6 is 0 Å². The van der Waals surface area contributed by atoms with Gasteiger partial charge < -0.3 is 20.5 Å². The highest BCUT2D eigenvalue weighted by molar-refractivity contribution is 5.88. The minimum Gasteiger partial charge on any atom is -0.468 e. The van der Waals surface area contributed by atoms with Gasteiger partial charge in [-0.15, -0.1) is 0 Å². The zero-order valence-electron chi connectivity index (χ0n) is 12.6. The normalized spacial score (nSPS) is 12.9. The molecule has 3 N–H and O–H groups in total. The Labute approximate surface area is 128 Å². The maximum absolute atomic E-state index is 11.9. The Bertz CT molecular complexity index is 518. The third-order valence-electron chi connectivity index (χ3n) is 3.01. The van der Waals surface area contributed by atoms with Gasteiger partial charge in [0.2, 0.25) is 5.91 Å². The molecule has 0 spiro atoms. The lowest BCUT2D eigenvalue weighted by atomic mass is 10.1. The third-order valence-corrected chi connectivity index (χ3v) is 3.01. The Morgan fingerprint density at radius 3 is 2.23 bits per heavy atom. The van der Waals surface area contributed by atoms with Crippen LogP contribution in [0.5, 0.6) is 0 Å².